The number of carboxylic acid groups (broad SMARTS) is 1. The molecule has 10 nitrogen and oxygen atoms in total. The lowest BCUT2D eigenvalue weighted by Gasteiger charge is -2.30. The summed E-state index contributed by atoms with van der Waals surface area (Å²) in [7, 11) is -4.82. The van der Waals surface area contributed by atoms with Gasteiger partial charge in [-0.15, -0.1) is 0 Å². The van der Waals surface area contributed by atoms with Crippen LogP contribution in [-0.2, 0) is 25.0 Å². The molecule has 25 heavy (non-hydrogen) atoms. The molecule has 0 aromatic heterocycles. The van der Waals surface area contributed by atoms with Crippen molar-refractivity contribution in [3.8, 4) is 0 Å². The molecular formula is C13H20N4O6S2. The van der Waals surface area contributed by atoms with E-state index in [9.17, 15) is 21.6 Å². The lowest BCUT2D eigenvalue weighted by Crippen LogP contribution is -2.55. The molecule has 140 valence electrons. The Bertz CT molecular complexity index is 836. The van der Waals surface area contributed by atoms with E-state index < -0.39 is 32.2 Å². The highest BCUT2D eigenvalue weighted by Crippen LogP contribution is 2.20. The molecule has 0 bridgehead atoms. The van der Waals surface area contributed by atoms with Gasteiger partial charge >= 0.3 is 16.2 Å². The van der Waals surface area contributed by atoms with Crippen LogP contribution in [0, 0.1) is 0 Å². The Morgan fingerprint density at radius 2 is 1.84 bits per heavy atom. The van der Waals surface area contributed by atoms with E-state index in [2.05, 4.69) is 10.0 Å². The first-order valence-corrected chi connectivity index (χ1v) is 10.2. The highest BCUT2D eigenvalue weighted by atomic mass is 32.2. The number of carboxylic acids is 1. The molecule has 12 heteroatoms. The van der Waals surface area contributed by atoms with Crippen molar-refractivity contribution in [2.75, 3.05) is 38.5 Å². The summed E-state index contributed by atoms with van der Waals surface area (Å²) < 4.78 is 53.1. The van der Waals surface area contributed by atoms with E-state index in [1.807, 2.05) is 0 Å². The number of anilines is 1. The van der Waals surface area contributed by atoms with Crippen LogP contribution in [0.1, 0.15) is 0 Å². The van der Waals surface area contributed by atoms with E-state index in [1.165, 1.54) is 38.4 Å². The number of hydrogen-bond acceptors (Lipinski definition) is 6. The lowest BCUT2D eigenvalue weighted by atomic mass is 10.2. The second kappa shape index (κ2) is 7.25. The number of benzene rings is 1. The molecule has 1 aliphatic rings. The summed E-state index contributed by atoms with van der Waals surface area (Å²) >= 11 is 0. The molecule has 0 saturated carbocycles. The quantitative estimate of drug-likeness (QED) is 0.562. The van der Waals surface area contributed by atoms with Crippen LogP contribution >= 0.6 is 0 Å². The van der Waals surface area contributed by atoms with Crippen LogP contribution in [0.25, 0.3) is 0 Å². The van der Waals surface area contributed by atoms with Gasteiger partial charge in [-0.05, 0) is 24.3 Å². The molecule has 1 aromatic rings. The predicted molar refractivity (Wildman–Crippen MR) is 90.9 cm³/mol. The Morgan fingerprint density at radius 1 is 1.24 bits per heavy atom. The minimum Gasteiger partial charge on any atom is -0.480 e. The lowest BCUT2D eigenvalue weighted by molar-refractivity contribution is -0.140. The van der Waals surface area contributed by atoms with E-state index in [4.69, 9.17) is 5.11 Å². The monoisotopic (exact) mass is 392 g/mol. The van der Waals surface area contributed by atoms with Gasteiger partial charge in [-0.3, -0.25) is 9.52 Å². The summed E-state index contributed by atoms with van der Waals surface area (Å²) in [5.74, 6) is -1.12. The zero-order valence-electron chi connectivity index (χ0n) is 13.7. The van der Waals surface area contributed by atoms with Crippen molar-refractivity contribution in [3.05, 3.63) is 24.3 Å². The Balaban J connectivity index is 2.19. The van der Waals surface area contributed by atoms with Crippen molar-refractivity contribution in [1.82, 2.24) is 13.9 Å². The third kappa shape index (κ3) is 4.46. The predicted octanol–water partition coefficient (Wildman–Crippen LogP) is -1.05. The number of sulfonamides is 1. The summed E-state index contributed by atoms with van der Waals surface area (Å²) in [5, 5.41) is 11.8. The number of nitrogens with one attached hydrogen (secondary N) is 2. The molecule has 0 spiro atoms. The Labute approximate surface area is 146 Å². The van der Waals surface area contributed by atoms with Gasteiger partial charge < -0.3 is 10.4 Å². The van der Waals surface area contributed by atoms with Gasteiger partial charge in [0.25, 0.3) is 0 Å². The van der Waals surface area contributed by atoms with Gasteiger partial charge in [-0.1, -0.05) is 0 Å². The van der Waals surface area contributed by atoms with Crippen LogP contribution in [-0.4, -0.2) is 76.3 Å². The maximum atomic E-state index is 12.6. The second-order valence-electron chi connectivity index (χ2n) is 5.62. The van der Waals surface area contributed by atoms with Crippen molar-refractivity contribution in [2.45, 2.75) is 10.9 Å². The molecule has 0 radical (unpaired) electrons. The summed E-state index contributed by atoms with van der Waals surface area (Å²) in [6.45, 7) is 0.213. The van der Waals surface area contributed by atoms with E-state index >= 15 is 0 Å². The normalized spacial score (nSPS) is 19.7. The van der Waals surface area contributed by atoms with Gasteiger partial charge in [0.2, 0.25) is 10.0 Å². The first kappa shape index (κ1) is 19.6. The third-order valence-electron chi connectivity index (χ3n) is 3.66. The third-order valence-corrected chi connectivity index (χ3v) is 6.99. The largest absolute Gasteiger partial charge is 0.480 e. The molecule has 3 N–H and O–H groups in total. The standard InChI is InChI=1S/C13H20N4O6S2/c1-16(2)25(22,23)15-10-3-5-11(6-4-10)24(20,21)17-8-7-14-12(9-17)13(18)19/h3-6,12,14-15H,7-9H2,1-2H3,(H,18,19)/t12-/m1/s1. The molecular weight excluding hydrogens is 372 g/mol. The fourth-order valence-electron chi connectivity index (χ4n) is 2.19. The highest BCUT2D eigenvalue weighted by molar-refractivity contribution is 7.90. The zero-order valence-corrected chi connectivity index (χ0v) is 15.3. The van der Waals surface area contributed by atoms with E-state index in [0.717, 1.165) is 8.61 Å². The van der Waals surface area contributed by atoms with Crippen molar-refractivity contribution in [1.29, 1.82) is 0 Å². The zero-order chi connectivity index (χ0) is 18.8. The van der Waals surface area contributed by atoms with Gasteiger partial charge in [-0.25, -0.2) is 8.42 Å². The van der Waals surface area contributed by atoms with E-state index in [1.54, 1.807) is 0 Å². The molecule has 0 amide bonds. The van der Waals surface area contributed by atoms with Crippen molar-refractivity contribution in [3.63, 3.8) is 0 Å². The summed E-state index contributed by atoms with van der Waals surface area (Å²) in [5.41, 5.74) is 0.219. The Hall–Kier alpha value is -1.73. The fraction of sp³-hybridized carbons (Fsp3) is 0.462. The Morgan fingerprint density at radius 3 is 2.36 bits per heavy atom. The summed E-state index contributed by atoms with van der Waals surface area (Å²) in [6, 6.07) is 4.27. The maximum absolute atomic E-state index is 12.6. The first-order chi connectivity index (χ1) is 11.5. The van der Waals surface area contributed by atoms with E-state index in [0.29, 0.717) is 0 Å². The summed E-state index contributed by atoms with van der Waals surface area (Å²) in [6.07, 6.45) is 0. The second-order valence-corrected chi connectivity index (χ2v) is 9.44. The van der Waals surface area contributed by atoms with Crippen LogP contribution < -0.4 is 10.0 Å². The molecule has 1 heterocycles. The number of rotatable bonds is 6. The number of nitrogens with zero attached hydrogens (tertiary/aromatic N) is 2. The molecule has 1 aliphatic heterocycles. The van der Waals surface area contributed by atoms with Crippen LogP contribution in [0.2, 0.25) is 0 Å². The molecule has 0 unspecified atom stereocenters. The van der Waals surface area contributed by atoms with Crippen LogP contribution in [0.3, 0.4) is 0 Å². The van der Waals surface area contributed by atoms with Crippen LogP contribution in [0.15, 0.2) is 29.2 Å². The first-order valence-electron chi connectivity index (χ1n) is 7.31. The molecule has 1 saturated heterocycles. The molecule has 1 fully saturated rings. The fourth-order valence-corrected chi connectivity index (χ4v) is 4.26. The average Bonchev–Trinajstić information content (AvgIpc) is 2.55. The average molecular weight is 392 g/mol. The van der Waals surface area contributed by atoms with Crippen molar-refractivity contribution >= 4 is 31.9 Å². The molecule has 1 atom stereocenters. The van der Waals surface area contributed by atoms with Gasteiger partial charge in [0.15, 0.2) is 0 Å². The molecule has 1 aromatic carbocycles. The topological polar surface area (TPSA) is 136 Å². The number of carbonyl (C=O) groups is 1. The van der Waals surface area contributed by atoms with Crippen LogP contribution in [0.4, 0.5) is 5.69 Å². The van der Waals surface area contributed by atoms with Crippen molar-refractivity contribution in [2.24, 2.45) is 0 Å². The van der Waals surface area contributed by atoms with Gasteiger partial charge in [0, 0.05) is 39.4 Å². The van der Waals surface area contributed by atoms with Crippen LogP contribution in [0.5, 0.6) is 0 Å². The van der Waals surface area contributed by atoms with Gasteiger partial charge in [0.1, 0.15) is 6.04 Å². The van der Waals surface area contributed by atoms with Gasteiger partial charge in [0.05, 0.1) is 4.90 Å². The smallest absolute Gasteiger partial charge is 0.322 e. The minimum atomic E-state index is -3.86. The number of aliphatic carboxylic acids is 1. The highest BCUT2D eigenvalue weighted by Gasteiger charge is 2.33. The van der Waals surface area contributed by atoms with E-state index in [-0.39, 0.29) is 30.2 Å². The maximum Gasteiger partial charge on any atom is 0.322 e. The Kier molecular flexibility index (Phi) is 5.68. The number of piperazine rings is 1. The molecule has 0 aliphatic carbocycles. The molecule has 2 rings (SSSR count). The summed E-state index contributed by atoms with van der Waals surface area (Å²) in [4.78, 5) is 11.0. The number of hydrogen-bond donors (Lipinski definition) is 3. The SMILES string of the molecule is CN(C)S(=O)(=O)Nc1ccc(S(=O)(=O)N2CCN[C@@H](C(=O)O)C2)cc1. The minimum absolute atomic E-state index is 0.0358. The van der Waals surface area contributed by atoms with Crippen molar-refractivity contribution < 1.29 is 26.7 Å². The van der Waals surface area contributed by atoms with Gasteiger partial charge in [-0.2, -0.15) is 17.0 Å².